The molecule has 0 aliphatic heterocycles. The molecule has 1 aromatic carbocycles. The van der Waals surface area contributed by atoms with E-state index in [0.717, 1.165) is 13.0 Å². The predicted octanol–water partition coefficient (Wildman–Crippen LogP) is 2.51. The summed E-state index contributed by atoms with van der Waals surface area (Å²) in [6, 6.07) is 6.78. The molecule has 0 aliphatic carbocycles. The maximum atomic E-state index is 13.3. The van der Waals surface area contributed by atoms with Crippen molar-refractivity contribution in [3.8, 4) is 0 Å². The lowest BCUT2D eigenvalue weighted by atomic mass is 10.1. The Kier molecular flexibility index (Phi) is 7.88. The molecule has 0 saturated heterocycles. The topological polar surface area (TPSA) is 41.1 Å². The molecule has 0 aromatic heterocycles. The fraction of sp³-hybridized carbons (Fsp3) is 0.562. The number of halogens is 1. The Morgan fingerprint density at radius 1 is 1.20 bits per heavy atom. The maximum absolute atomic E-state index is 13.3. The third kappa shape index (κ3) is 7.24. The van der Waals surface area contributed by atoms with Gasteiger partial charge in [-0.25, -0.2) is 4.39 Å². The molecule has 1 rings (SSSR count). The van der Waals surface area contributed by atoms with Gasteiger partial charge in [-0.05, 0) is 36.9 Å². The van der Waals surface area contributed by atoms with Crippen molar-refractivity contribution in [2.75, 3.05) is 19.6 Å². The molecule has 1 amide bonds. The van der Waals surface area contributed by atoms with Gasteiger partial charge in [0, 0.05) is 19.5 Å². The first kappa shape index (κ1) is 16.6. The fourth-order valence-electron chi connectivity index (χ4n) is 1.84. The summed E-state index contributed by atoms with van der Waals surface area (Å²) in [5.74, 6) is 0.513. The highest BCUT2D eigenvalue weighted by Crippen LogP contribution is 2.06. The van der Waals surface area contributed by atoms with E-state index in [2.05, 4.69) is 24.5 Å². The Morgan fingerprint density at radius 3 is 2.65 bits per heavy atom. The van der Waals surface area contributed by atoms with E-state index in [-0.39, 0.29) is 11.7 Å². The molecule has 0 aliphatic rings. The zero-order valence-corrected chi connectivity index (χ0v) is 12.4. The van der Waals surface area contributed by atoms with Crippen LogP contribution in [0.15, 0.2) is 24.3 Å². The molecular formula is C16H25FN2O. The molecular weight excluding hydrogens is 255 g/mol. The van der Waals surface area contributed by atoms with E-state index in [4.69, 9.17) is 0 Å². The molecule has 0 bridgehead atoms. The van der Waals surface area contributed by atoms with Gasteiger partial charge in [-0.3, -0.25) is 4.79 Å². The zero-order valence-electron chi connectivity index (χ0n) is 12.4. The lowest BCUT2D eigenvalue weighted by Crippen LogP contribution is -2.29. The van der Waals surface area contributed by atoms with Crippen molar-refractivity contribution in [1.29, 1.82) is 0 Å². The lowest BCUT2D eigenvalue weighted by molar-refractivity contribution is -0.121. The van der Waals surface area contributed by atoms with Crippen LogP contribution in [0.5, 0.6) is 0 Å². The number of benzene rings is 1. The first-order valence-corrected chi connectivity index (χ1v) is 7.30. The smallest absolute Gasteiger partial charge is 0.221 e. The summed E-state index contributed by atoms with van der Waals surface area (Å²) in [5, 5.41) is 6.06. The second-order valence-corrected chi connectivity index (χ2v) is 5.37. The van der Waals surface area contributed by atoms with Crippen molar-refractivity contribution in [2.45, 2.75) is 33.1 Å². The van der Waals surface area contributed by atoms with Gasteiger partial charge in [0.05, 0.1) is 0 Å². The molecule has 20 heavy (non-hydrogen) atoms. The van der Waals surface area contributed by atoms with Gasteiger partial charge in [-0.15, -0.1) is 0 Å². The second kappa shape index (κ2) is 9.48. The summed E-state index contributed by atoms with van der Waals surface area (Å²) < 4.78 is 13.3. The van der Waals surface area contributed by atoms with Gasteiger partial charge < -0.3 is 10.6 Å². The molecule has 2 N–H and O–H groups in total. The normalized spacial score (nSPS) is 10.8. The summed E-state index contributed by atoms with van der Waals surface area (Å²) in [4.78, 5) is 11.5. The number of hydrogen-bond acceptors (Lipinski definition) is 2. The summed E-state index contributed by atoms with van der Waals surface area (Å²) in [6.45, 7) is 6.32. The van der Waals surface area contributed by atoms with Crippen molar-refractivity contribution in [2.24, 2.45) is 5.92 Å². The number of amides is 1. The van der Waals surface area contributed by atoms with Crippen LogP contribution in [0, 0.1) is 11.7 Å². The van der Waals surface area contributed by atoms with Crippen LogP contribution in [-0.4, -0.2) is 25.5 Å². The third-order valence-corrected chi connectivity index (χ3v) is 3.10. The van der Waals surface area contributed by atoms with Crippen molar-refractivity contribution in [3.05, 3.63) is 35.6 Å². The van der Waals surface area contributed by atoms with Gasteiger partial charge in [-0.2, -0.15) is 0 Å². The molecule has 0 atom stereocenters. The Labute approximate surface area is 121 Å². The molecule has 0 spiro atoms. The van der Waals surface area contributed by atoms with Gasteiger partial charge in [-0.1, -0.05) is 32.0 Å². The predicted molar refractivity (Wildman–Crippen MR) is 80.1 cm³/mol. The van der Waals surface area contributed by atoms with Crippen LogP contribution in [0.4, 0.5) is 4.39 Å². The first-order chi connectivity index (χ1) is 9.59. The molecule has 0 radical (unpaired) electrons. The van der Waals surface area contributed by atoms with E-state index >= 15 is 0 Å². The van der Waals surface area contributed by atoms with E-state index in [0.29, 0.717) is 37.4 Å². The van der Waals surface area contributed by atoms with E-state index in [1.165, 1.54) is 6.07 Å². The quantitative estimate of drug-likeness (QED) is 0.682. The van der Waals surface area contributed by atoms with Crippen LogP contribution in [0.25, 0.3) is 0 Å². The SMILES string of the molecule is CC(C)CCNC(=O)CCNCCc1ccccc1F. The van der Waals surface area contributed by atoms with Gasteiger partial charge in [0.1, 0.15) is 5.82 Å². The van der Waals surface area contributed by atoms with E-state index in [1.54, 1.807) is 12.1 Å². The molecule has 0 saturated carbocycles. The van der Waals surface area contributed by atoms with Crippen LogP contribution in [0.3, 0.4) is 0 Å². The minimum absolute atomic E-state index is 0.0732. The van der Waals surface area contributed by atoms with Crippen LogP contribution < -0.4 is 10.6 Å². The summed E-state index contributed by atoms with van der Waals surface area (Å²) in [6.07, 6.45) is 2.11. The molecule has 112 valence electrons. The number of carbonyl (C=O) groups excluding carboxylic acids is 1. The third-order valence-electron chi connectivity index (χ3n) is 3.10. The molecule has 4 heteroatoms. The van der Waals surface area contributed by atoms with Crippen molar-refractivity contribution >= 4 is 5.91 Å². The minimum Gasteiger partial charge on any atom is -0.356 e. The van der Waals surface area contributed by atoms with Crippen LogP contribution >= 0.6 is 0 Å². The van der Waals surface area contributed by atoms with Crippen molar-refractivity contribution in [1.82, 2.24) is 10.6 Å². The van der Waals surface area contributed by atoms with Crippen LogP contribution in [-0.2, 0) is 11.2 Å². The highest BCUT2D eigenvalue weighted by Gasteiger charge is 2.02. The Balaban J connectivity index is 2.04. The fourth-order valence-corrected chi connectivity index (χ4v) is 1.84. The molecule has 0 fully saturated rings. The molecule has 1 aromatic rings. The molecule has 3 nitrogen and oxygen atoms in total. The molecule has 0 unspecified atom stereocenters. The average Bonchev–Trinajstić information content (AvgIpc) is 2.40. The Bertz CT molecular complexity index is 407. The maximum Gasteiger partial charge on any atom is 0.221 e. The highest BCUT2D eigenvalue weighted by atomic mass is 19.1. The number of rotatable bonds is 9. The minimum atomic E-state index is -0.166. The number of carbonyl (C=O) groups is 1. The van der Waals surface area contributed by atoms with Gasteiger partial charge in [0.15, 0.2) is 0 Å². The van der Waals surface area contributed by atoms with Crippen molar-refractivity contribution < 1.29 is 9.18 Å². The van der Waals surface area contributed by atoms with Gasteiger partial charge in [0.2, 0.25) is 5.91 Å². The van der Waals surface area contributed by atoms with E-state index in [9.17, 15) is 9.18 Å². The van der Waals surface area contributed by atoms with Crippen LogP contribution in [0.2, 0.25) is 0 Å². The summed E-state index contributed by atoms with van der Waals surface area (Å²) in [7, 11) is 0. The molecule has 0 heterocycles. The summed E-state index contributed by atoms with van der Waals surface area (Å²) in [5.41, 5.74) is 0.710. The summed E-state index contributed by atoms with van der Waals surface area (Å²) >= 11 is 0. The Morgan fingerprint density at radius 2 is 1.95 bits per heavy atom. The van der Waals surface area contributed by atoms with Gasteiger partial charge >= 0.3 is 0 Å². The first-order valence-electron chi connectivity index (χ1n) is 7.30. The number of hydrogen-bond donors (Lipinski definition) is 2. The average molecular weight is 280 g/mol. The number of nitrogens with one attached hydrogen (secondary N) is 2. The standard InChI is InChI=1S/C16H25FN2O/c1-13(2)7-12-19-16(20)9-11-18-10-8-14-5-3-4-6-15(14)17/h3-6,13,18H,7-12H2,1-2H3,(H,19,20). The lowest BCUT2D eigenvalue weighted by Gasteiger charge is -2.08. The van der Waals surface area contributed by atoms with Gasteiger partial charge in [0.25, 0.3) is 0 Å². The van der Waals surface area contributed by atoms with Crippen molar-refractivity contribution in [3.63, 3.8) is 0 Å². The Hall–Kier alpha value is -1.42. The highest BCUT2D eigenvalue weighted by molar-refractivity contribution is 5.75. The van der Waals surface area contributed by atoms with Crippen LogP contribution in [0.1, 0.15) is 32.3 Å². The zero-order chi connectivity index (χ0) is 14.8. The van der Waals surface area contributed by atoms with E-state index in [1.807, 2.05) is 6.07 Å². The largest absolute Gasteiger partial charge is 0.356 e. The monoisotopic (exact) mass is 280 g/mol. The second-order valence-electron chi connectivity index (χ2n) is 5.37. The van der Waals surface area contributed by atoms with E-state index < -0.39 is 0 Å².